The average molecular weight is 452 g/mol. The Morgan fingerprint density at radius 2 is 2.10 bits per heavy atom. The minimum atomic E-state index is -0.677. The molecule has 1 aromatic heterocycles. The van der Waals surface area contributed by atoms with Crippen molar-refractivity contribution in [2.24, 2.45) is 5.10 Å². The van der Waals surface area contributed by atoms with Gasteiger partial charge in [-0.3, -0.25) is 19.7 Å². The summed E-state index contributed by atoms with van der Waals surface area (Å²) in [7, 11) is 1.44. The maximum Gasteiger partial charge on any atom is 0.288 e. The number of hydrazone groups is 1. The molecule has 0 aliphatic carbocycles. The van der Waals surface area contributed by atoms with Crippen molar-refractivity contribution in [3.8, 4) is 6.07 Å². The van der Waals surface area contributed by atoms with Crippen LogP contribution in [0.2, 0.25) is 10.0 Å². The molecule has 156 valence electrons. The van der Waals surface area contributed by atoms with Gasteiger partial charge in [0.2, 0.25) is 0 Å². The molecular formula is C18H15Cl2N5O5. The molecule has 0 bridgehead atoms. The summed E-state index contributed by atoms with van der Waals surface area (Å²) in [5.74, 6) is -0.653. The number of halogens is 2. The van der Waals surface area contributed by atoms with Gasteiger partial charge in [-0.25, -0.2) is 5.43 Å². The minimum absolute atomic E-state index is 0.0876. The summed E-state index contributed by atoms with van der Waals surface area (Å²) < 4.78 is 6.11. The lowest BCUT2D eigenvalue weighted by Gasteiger charge is -2.12. The molecule has 0 atom stereocenters. The van der Waals surface area contributed by atoms with Gasteiger partial charge in [0.1, 0.15) is 23.2 Å². The number of carbonyl (C=O) groups is 1. The van der Waals surface area contributed by atoms with Crippen LogP contribution in [0.1, 0.15) is 22.4 Å². The number of nitro benzene ring substituents is 1. The largest absolute Gasteiger partial charge is 0.380 e. The lowest BCUT2D eigenvalue weighted by Crippen LogP contribution is -2.33. The number of ether oxygens (including phenoxy) is 1. The third kappa shape index (κ3) is 5.21. The second-order valence-corrected chi connectivity index (χ2v) is 6.81. The van der Waals surface area contributed by atoms with Gasteiger partial charge in [-0.05, 0) is 19.1 Å². The molecule has 0 aliphatic heterocycles. The number of amides is 1. The van der Waals surface area contributed by atoms with Crippen LogP contribution in [0.3, 0.4) is 0 Å². The van der Waals surface area contributed by atoms with E-state index in [4.69, 9.17) is 27.9 Å². The van der Waals surface area contributed by atoms with Crippen LogP contribution in [0, 0.1) is 28.4 Å². The average Bonchev–Trinajstić information content (AvgIpc) is 2.67. The van der Waals surface area contributed by atoms with Crippen LogP contribution < -0.4 is 11.0 Å². The number of nitro groups is 1. The summed E-state index contributed by atoms with van der Waals surface area (Å²) in [4.78, 5) is 35.0. The Labute approximate surface area is 180 Å². The Kier molecular flexibility index (Phi) is 7.66. The van der Waals surface area contributed by atoms with Crippen molar-refractivity contribution in [3.63, 3.8) is 0 Å². The van der Waals surface area contributed by atoms with Gasteiger partial charge in [0.05, 0.1) is 22.8 Å². The highest BCUT2D eigenvalue weighted by Gasteiger charge is 2.16. The molecule has 0 saturated carbocycles. The minimum Gasteiger partial charge on any atom is -0.380 e. The SMILES string of the molecule is COCc1cc(C)n(CC(=O)N/N=C/c2cc([N+](=O)[O-])c(Cl)cc2Cl)c(=O)c1C#N. The molecule has 0 aliphatic rings. The van der Waals surface area contributed by atoms with E-state index >= 15 is 0 Å². The van der Waals surface area contributed by atoms with Crippen LogP contribution in [0.25, 0.3) is 0 Å². The van der Waals surface area contributed by atoms with Crippen molar-refractivity contribution in [3.05, 3.63) is 71.1 Å². The fourth-order valence-electron chi connectivity index (χ4n) is 2.57. The fraction of sp³-hybridized carbons (Fsp3) is 0.222. The highest BCUT2D eigenvalue weighted by atomic mass is 35.5. The Morgan fingerprint density at radius 1 is 1.40 bits per heavy atom. The molecule has 1 amide bonds. The Morgan fingerprint density at radius 3 is 2.70 bits per heavy atom. The standard InChI is InChI=1S/C18H15Cl2N5O5/c1-10-3-12(9-30-2)13(6-21)18(27)24(10)8-17(26)23-22-7-11-4-16(25(28)29)15(20)5-14(11)19/h3-5,7H,8-9H2,1-2H3,(H,23,26)/b22-7+. The number of nitrogens with zero attached hydrogens (tertiary/aromatic N) is 4. The molecule has 1 heterocycles. The Hall–Kier alpha value is -3.26. The molecule has 0 saturated heterocycles. The number of benzene rings is 1. The van der Waals surface area contributed by atoms with E-state index < -0.39 is 22.9 Å². The monoisotopic (exact) mass is 451 g/mol. The van der Waals surface area contributed by atoms with E-state index in [1.165, 1.54) is 13.2 Å². The van der Waals surface area contributed by atoms with Crippen LogP contribution in [-0.4, -0.2) is 28.7 Å². The van der Waals surface area contributed by atoms with Gasteiger partial charge in [0, 0.05) is 30.0 Å². The lowest BCUT2D eigenvalue weighted by molar-refractivity contribution is -0.384. The maximum atomic E-state index is 12.5. The zero-order chi connectivity index (χ0) is 22.4. The molecule has 0 fully saturated rings. The van der Waals surface area contributed by atoms with E-state index in [1.807, 2.05) is 6.07 Å². The number of aromatic nitrogens is 1. The van der Waals surface area contributed by atoms with Crippen LogP contribution in [0.4, 0.5) is 5.69 Å². The summed E-state index contributed by atoms with van der Waals surface area (Å²) in [6.45, 7) is 1.31. The first-order valence-corrected chi connectivity index (χ1v) is 9.02. The highest BCUT2D eigenvalue weighted by Crippen LogP contribution is 2.29. The lowest BCUT2D eigenvalue weighted by atomic mass is 10.1. The van der Waals surface area contributed by atoms with E-state index in [9.17, 15) is 25.0 Å². The van der Waals surface area contributed by atoms with Crippen LogP contribution in [0.5, 0.6) is 0 Å². The van der Waals surface area contributed by atoms with Gasteiger partial charge in [0.15, 0.2) is 0 Å². The molecule has 30 heavy (non-hydrogen) atoms. The number of methoxy groups -OCH3 is 1. The second kappa shape index (κ2) is 9.98. The molecule has 2 rings (SSSR count). The number of hydrogen-bond donors (Lipinski definition) is 1. The third-order valence-electron chi connectivity index (χ3n) is 3.96. The van der Waals surface area contributed by atoms with Crippen molar-refractivity contribution < 1.29 is 14.5 Å². The van der Waals surface area contributed by atoms with Crippen molar-refractivity contribution in [1.29, 1.82) is 5.26 Å². The first-order valence-electron chi connectivity index (χ1n) is 8.27. The van der Waals surface area contributed by atoms with E-state index in [-0.39, 0.29) is 33.5 Å². The first kappa shape index (κ1) is 23.0. The van der Waals surface area contributed by atoms with Gasteiger partial charge in [0.25, 0.3) is 17.2 Å². The summed E-state index contributed by atoms with van der Waals surface area (Å²) >= 11 is 11.7. The quantitative estimate of drug-likeness (QED) is 0.389. The van der Waals surface area contributed by atoms with Crippen LogP contribution in [-0.2, 0) is 22.7 Å². The number of aryl methyl sites for hydroxylation is 1. The smallest absolute Gasteiger partial charge is 0.288 e. The van der Waals surface area contributed by atoms with Crippen molar-refractivity contribution in [1.82, 2.24) is 9.99 Å². The normalized spacial score (nSPS) is 10.8. The predicted molar refractivity (Wildman–Crippen MR) is 110 cm³/mol. The predicted octanol–water partition coefficient (Wildman–Crippen LogP) is 2.54. The molecule has 0 spiro atoms. The van der Waals surface area contributed by atoms with E-state index in [1.54, 1.807) is 13.0 Å². The first-order chi connectivity index (χ1) is 14.2. The fourth-order valence-corrected chi connectivity index (χ4v) is 3.07. The number of nitrogens with one attached hydrogen (secondary N) is 1. The summed E-state index contributed by atoms with van der Waals surface area (Å²) in [6, 6.07) is 5.72. The van der Waals surface area contributed by atoms with Crippen molar-refractivity contribution in [2.45, 2.75) is 20.1 Å². The van der Waals surface area contributed by atoms with Gasteiger partial charge >= 0.3 is 0 Å². The van der Waals surface area contributed by atoms with Gasteiger partial charge in [-0.2, -0.15) is 10.4 Å². The van der Waals surface area contributed by atoms with Crippen molar-refractivity contribution in [2.75, 3.05) is 7.11 Å². The molecule has 1 N–H and O–H groups in total. The molecule has 0 radical (unpaired) electrons. The van der Waals surface area contributed by atoms with Gasteiger partial charge < -0.3 is 9.30 Å². The molecule has 12 heteroatoms. The van der Waals surface area contributed by atoms with E-state index in [0.717, 1.165) is 16.8 Å². The van der Waals surface area contributed by atoms with Gasteiger partial charge in [-0.15, -0.1) is 0 Å². The van der Waals surface area contributed by atoms with Crippen molar-refractivity contribution >= 4 is 41.0 Å². The topological polar surface area (TPSA) is 140 Å². The molecule has 2 aromatic rings. The zero-order valence-electron chi connectivity index (χ0n) is 15.8. The Bertz CT molecular complexity index is 1140. The van der Waals surface area contributed by atoms with E-state index in [2.05, 4.69) is 10.5 Å². The number of nitriles is 1. The number of rotatable bonds is 7. The molecule has 0 unspecified atom stereocenters. The number of pyridine rings is 1. The number of hydrogen-bond acceptors (Lipinski definition) is 7. The second-order valence-electron chi connectivity index (χ2n) is 6.00. The number of carbonyl (C=O) groups excluding carboxylic acids is 1. The zero-order valence-corrected chi connectivity index (χ0v) is 17.3. The van der Waals surface area contributed by atoms with Crippen LogP contribution >= 0.6 is 23.2 Å². The van der Waals surface area contributed by atoms with Gasteiger partial charge in [-0.1, -0.05) is 23.2 Å². The maximum absolute atomic E-state index is 12.5. The molecule has 1 aromatic carbocycles. The van der Waals surface area contributed by atoms with E-state index in [0.29, 0.717) is 11.3 Å². The van der Waals surface area contributed by atoms with Crippen LogP contribution in [0.15, 0.2) is 28.1 Å². The molecular weight excluding hydrogens is 437 g/mol. The highest BCUT2D eigenvalue weighted by molar-refractivity contribution is 6.37. The Balaban J connectivity index is 2.20. The summed E-state index contributed by atoms with van der Waals surface area (Å²) in [5, 5.41) is 23.9. The summed E-state index contributed by atoms with van der Waals surface area (Å²) in [5.41, 5.74) is 2.15. The molecule has 10 nitrogen and oxygen atoms in total. The third-order valence-corrected chi connectivity index (χ3v) is 4.59. The summed E-state index contributed by atoms with van der Waals surface area (Å²) in [6.07, 6.45) is 1.11.